The molecule has 9 heteroatoms. The lowest BCUT2D eigenvalue weighted by Crippen LogP contribution is -2.26. The Morgan fingerprint density at radius 2 is 1.62 bits per heavy atom. The van der Waals surface area contributed by atoms with Crippen LogP contribution in [0.15, 0.2) is 53.6 Å². The van der Waals surface area contributed by atoms with E-state index in [4.69, 9.17) is 20.1 Å². The minimum Gasteiger partial charge on any atom is -0.479 e. The van der Waals surface area contributed by atoms with Crippen LogP contribution < -0.4 is 4.74 Å². The SMILES string of the molecule is CCC(Oc1ccc(C(=O)C(CCOC(C)=O)CC(=O)c2ccc(CN=N)cc2)cc1)C(=O)O. The predicted octanol–water partition coefficient (Wildman–Crippen LogP) is 4.48. The monoisotopic (exact) mass is 468 g/mol. The van der Waals surface area contributed by atoms with Crippen LogP contribution in [0.2, 0.25) is 0 Å². The Hall–Kier alpha value is -3.88. The second kappa shape index (κ2) is 13.0. The van der Waals surface area contributed by atoms with E-state index in [1.165, 1.54) is 31.2 Å². The molecule has 34 heavy (non-hydrogen) atoms. The van der Waals surface area contributed by atoms with E-state index in [-0.39, 0.29) is 44.0 Å². The van der Waals surface area contributed by atoms with Crippen molar-refractivity contribution in [3.05, 3.63) is 65.2 Å². The van der Waals surface area contributed by atoms with Crippen molar-refractivity contribution >= 4 is 23.5 Å². The van der Waals surface area contributed by atoms with E-state index in [2.05, 4.69) is 5.11 Å². The van der Waals surface area contributed by atoms with Gasteiger partial charge < -0.3 is 14.6 Å². The average Bonchev–Trinajstić information content (AvgIpc) is 2.82. The van der Waals surface area contributed by atoms with Gasteiger partial charge in [-0.2, -0.15) is 5.11 Å². The molecule has 2 atom stereocenters. The van der Waals surface area contributed by atoms with Crippen LogP contribution >= 0.6 is 0 Å². The Bertz CT molecular complexity index is 1020. The topological polar surface area (TPSA) is 143 Å². The van der Waals surface area contributed by atoms with E-state index in [0.717, 1.165) is 5.56 Å². The summed E-state index contributed by atoms with van der Waals surface area (Å²) in [6.07, 6.45) is -0.598. The van der Waals surface area contributed by atoms with E-state index < -0.39 is 24.0 Å². The number of rotatable bonds is 14. The minimum atomic E-state index is -1.08. The molecule has 0 spiro atoms. The summed E-state index contributed by atoms with van der Waals surface area (Å²) >= 11 is 0. The summed E-state index contributed by atoms with van der Waals surface area (Å²) in [5.41, 5.74) is 8.49. The minimum absolute atomic E-state index is 0.000941. The number of ketones is 2. The van der Waals surface area contributed by atoms with Crippen molar-refractivity contribution in [2.75, 3.05) is 6.61 Å². The lowest BCUT2D eigenvalue weighted by atomic mass is 9.88. The number of carboxylic acid groups (broad SMARTS) is 1. The molecular formula is C25H28N2O7. The van der Waals surface area contributed by atoms with Crippen LogP contribution in [0.3, 0.4) is 0 Å². The third-order valence-electron chi connectivity index (χ3n) is 5.18. The highest BCUT2D eigenvalue weighted by Crippen LogP contribution is 2.22. The van der Waals surface area contributed by atoms with Gasteiger partial charge in [0.05, 0.1) is 13.2 Å². The van der Waals surface area contributed by atoms with Gasteiger partial charge in [-0.05, 0) is 42.7 Å². The third kappa shape index (κ3) is 7.91. The number of hydrogen-bond acceptors (Lipinski definition) is 8. The van der Waals surface area contributed by atoms with Gasteiger partial charge in [0.2, 0.25) is 0 Å². The van der Waals surface area contributed by atoms with Crippen LogP contribution in [0.25, 0.3) is 0 Å². The Morgan fingerprint density at radius 1 is 1.00 bits per heavy atom. The summed E-state index contributed by atoms with van der Waals surface area (Å²) in [4.78, 5) is 48.3. The van der Waals surface area contributed by atoms with E-state index in [1.807, 2.05) is 0 Å². The maximum atomic E-state index is 13.2. The molecule has 0 aliphatic rings. The van der Waals surface area contributed by atoms with E-state index >= 15 is 0 Å². The number of nitrogens with zero attached hydrogens (tertiary/aromatic N) is 1. The standard InChI is InChI=1S/C25H28N2O7/c1-3-23(25(31)32)34-21-10-8-19(9-11-21)24(30)20(12-13-33-16(2)28)14-22(29)18-6-4-17(5-7-18)15-27-26/h4-11,20,23,26H,3,12-15H2,1-2H3,(H,31,32). The number of carboxylic acids is 1. The van der Waals surface area contributed by atoms with Crippen LogP contribution in [-0.2, 0) is 20.9 Å². The van der Waals surface area contributed by atoms with Crippen LogP contribution in [0, 0.1) is 11.4 Å². The number of carbonyl (C=O) groups is 4. The fraction of sp³-hybridized carbons (Fsp3) is 0.360. The fourth-order valence-corrected chi connectivity index (χ4v) is 3.31. The molecule has 0 aromatic heterocycles. The highest BCUT2D eigenvalue weighted by atomic mass is 16.5. The molecule has 0 aliphatic carbocycles. The number of Topliss-reactive ketones (excluding diaryl/α,β-unsaturated/α-hetero) is 2. The molecule has 0 saturated heterocycles. The van der Waals surface area contributed by atoms with Crippen LogP contribution in [0.4, 0.5) is 0 Å². The van der Waals surface area contributed by atoms with Gasteiger partial charge in [-0.15, -0.1) is 0 Å². The van der Waals surface area contributed by atoms with Gasteiger partial charge in [0, 0.05) is 30.4 Å². The molecule has 180 valence electrons. The first-order valence-corrected chi connectivity index (χ1v) is 10.9. The highest BCUT2D eigenvalue weighted by Gasteiger charge is 2.25. The zero-order valence-electron chi connectivity index (χ0n) is 19.2. The Morgan fingerprint density at radius 3 is 2.15 bits per heavy atom. The van der Waals surface area contributed by atoms with Gasteiger partial charge in [-0.1, -0.05) is 31.2 Å². The molecule has 0 aliphatic heterocycles. The Balaban J connectivity index is 2.15. The van der Waals surface area contributed by atoms with Gasteiger partial charge >= 0.3 is 11.9 Å². The van der Waals surface area contributed by atoms with Crippen LogP contribution in [0.5, 0.6) is 5.75 Å². The molecule has 0 bridgehead atoms. The van der Waals surface area contributed by atoms with Crippen molar-refractivity contribution in [1.82, 2.24) is 0 Å². The zero-order chi connectivity index (χ0) is 25.1. The van der Waals surface area contributed by atoms with Crippen molar-refractivity contribution in [2.45, 2.75) is 45.8 Å². The van der Waals surface area contributed by atoms with Gasteiger partial charge in [0.15, 0.2) is 17.7 Å². The average molecular weight is 469 g/mol. The molecule has 2 aromatic carbocycles. The quantitative estimate of drug-likeness (QED) is 0.236. The third-order valence-corrected chi connectivity index (χ3v) is 5.18. The fourth-order valence-electron chi connectivity index (χ4n) is 3.31. The van der Waals surface area contributed by atoms with Gasteiger partial charge in [-0.25, -0.2) is 10.3 Å². The van der Waals surface area contributed by atoms with E-state index in [0.29, 0.717) is 16.9 Å². The molecule has 9 nitrogen and oxygen atoms in total. The van der Waals surface area contributed by atoms with E-state index in [9.17, 15) is 19.2 Å². The zero-order valence-corrected chi connectivity index (χ0v) is 19.2. The summed E-state index contributed by atoms with van der Waals surface area (Å²) in [5, 5.41) is 12.4. The van der Waals surface area contributed by atoms with Crippen molar-refractivity contribution < 1.29 is 33.8 Å². The lowest BCUT2D eigenvalue weighted by Gasteiger charge is -2.17. The van der Waals surface area contributed by atoms with E-state index in [1.54, 1.807) is 31.2 Å². The predicted molar refractivity (Wildman–Crippen MR) is 122 cm³/mol. The number of benzene rings is 2. The summed E-state index contributed by atoms with van der Waals surface area (Å²) in [6.45, 7) is 3.19. The molecule has 0 fully saturated rings. The second-order valence-corrected chi connectivity index (χ2v) is 7.71. The summed E-state index contributed by atoms with van der Waals surface area (Å²) in [7, 11) is 0. The van der Waals surface area contributed by atoms with Crippen LogP contribution in [-0.4, -0.2) is 41.3 Å². The summed E-state index contributed by atoms with van der Waals surface area (Å²) in [6, 6.07) is 12.8. The number of ether oxygens (including phenoxy) is 2. The molecular weight excluding hydrogens is 440 g/mol. The highest BCUT2D eigenvalue weighted by molar-refractivity contribution is 6.03. The first kappa shape index (κ1) is 26.4. The van der Waals surface area contributed by atoms with Gasteiger partial charge in [0.25, 0.3) is 0 Å². The molecule has 0 radical (unpaired) electrons. The normalized spacial score (nSPS) is 12.3. The van der Waals surface area contributed by atoms with Crippen LogP contribution in [0.1, 0.15) is 59.4 Å². The lowest BCUT2D eigenvalue weighted by molar-refractivity contribution is -0.145. The largest absolute Gasteiger partial charge is 0.479 e. The van der Waals surface area contributed by atoms with Crippen molar-refractivity contribution in [3.8, 4) is 5.75 Å². The van der Waals surface area contributed by atoms with Crippen molar-refractivity contribution in [2.24, 2.45) is 11.0 Å². The molecule has 0 amide bonds. The maximum Gasteiger partial charge on any atom is 0.344 e. The molecule has 0 saturated carbocycles. The number of nitrogens with one attached hydrogen (secondary N) is 1. The summed E-state index contributed by atoms with van der Waals surface area (Å²) < 4.78 is 10.4. The number of esters is 1. The smallest absolute Gasteiger partial charge is 0.344 e. The molecule has 2 rings (SSSR count). The maximum absolute atomic E-state index is 13.2. The molecule has 2 unspecified atom stereocenters. The van der Waals surface area contributed by atoms with Crippen molar-refractivity contribution in [1.29, 1.82) is 5.53 Å². The second-order valence-electron chi connectivity index (χ2n) is 7.71. The molecule has 2 N–H and O–H groups in total. The van der Waals surface area contributed by atoms with Crippen molar-refractivity contribution in [3.63, 3.8) is 0 Å². The van der Waals surface area contributed by atoms with Gasteiger partial charge in [-0.3, -0.25) is 14.4 Å². The number of hydrogen-bond donors (Lipinski definition) is 2. The summed E-state index contributed by atoms with van der Waals surface area (Å²) in [5.74, 6) is -2.47. The first-order chi connectivity index (χ1) is 16.2. The Labute approximate surface area is 197 Å². The Kier molecular flexibility index (Phi) is 10.1. The molecule has 2 aromatic rings. The number of aliphatic carboxylic acids is 1. The number of carbonyl (C=O) groups excluding carboxylic acids is 3. The first-order valence-electron chi connectivity index (χ1n) is 10.9. The van der Waals surface area contributed by atoms with Gasteiger partial charge in [0.1, 0.15) is 5.75 Å². The molecule has 0 heterocycles.